The number of hydrogen-bond donors (Lipinski definition) is 1. The largest absolute Gasteiger partial charge is 0.296 e. The molecule has 132 valence electrons. The van der Waals surface area contributed by atoms with E-state index in [1.165, 1.54) is 0 Å². The van der Waals surface area contributed by atoms with Gasteiger partial charge in [-0.15, -0.1) is 0 Å². The highest BCUT2D eigenvalue weighted by atomic mass is 16.6. The third-order valence-electron chi connectivity index (χ3n) is 4.36. The normalized spacial score (nSPS) is 11.9. The molecule has 3 aromatic carbocycles. The lowest BCUT2D eigenvalue weighted by Crippen LogP contribution is -2.25. The first-order chi connectivity index (χ1) is 12.7. The summed E-state index contributed by atoms with van der Waals surface area (Å²) in [6.45, 7) is 2.50. The van der Waals surface area contributed by atoms with Crippen LogP contribution in [-0.2, 0) is 11.4 Å². The Bertz CT molecular complexity index is 831. The Labute approximate surface area is 154 Å². The van der Waals surface area contributed by atoms with Gasteiger partial charge >= 0.3 is 0 Å². The van der Waals surface area contributed by atoms with Gasteiger partial charge in [0.25, 0.3) is 0 Å². The van der Waals surface area contributed by atoms with Crippen LogP contribution in [0.25, 0.3) is 0 Å². The van der Waals surface area contributed by atoms with E-state index in [9.17, 15) is 4.79 Å². The van der Waals surface area contributed by atoms with E-state index in [0.29, 0.717) is 13.0 Å². The molecule has 1 N–H and O–H groups in total. The van der Waals surface area contributed by atoms with Gasteiger partial charge in [0.05, 0.1) is 12.6 Å². The van der Waals surface area contributed by atoms with E-state index in [0.717, 1.165) is 22.3 Å². The van der Waals surface area contributed by atoms with Gasteiger partial charge in [0.15, 0.2) is 5.78 Å². The van der Waals surface area contributed by atoms with E-state index in [4.69, 9.17) is 4.84 Å². The van der Waals surface area contributed by atoms with E-state index in [1.807, 2.05) is 91.9 Å². The third kappa shape index (κ3) is 4.88. The molecule has 0 saturated heterocycles. The predicted molar refractivity (Wildman–Crippen MR) is 104 cm³/mol. The summed E-state index contributed by atoms with van der Waals surface area (Å²) in [5, 5.41) is 0. The first-order valence-electron chi connectivity index (χ1n) is 8.79. The summed E-state index contributed by atoms with van der Waals surface area (Å²) in [6, 6.07) is 27.2. The van der Waals surface area contributed by atoms with Gasteiger partial charge in [0.2, 0.25) is 0 Å². The molecule has 3 rings (SSSR count). The van der Waals surface area contributed by atoms with Crippen LogP contribution in [0, 0.1) is 6.92 Å². The van der Waals surface area contributed by atoms with Gasteiger partial charge in [-0.2, -0.15) is 5.48 Å². The SMILES string of the molecule is Cc1ccccc1[C@@H](CC(=O)c1ccccc1)NOCc1ccccc1. The second kappa shape index (κ2) is 9.09. The molecule has 0 aliphatic carbocycles. The number of aryl methyl sites for hydroxylation is 1. The number of rotatable bonds is 8. The lowest BCUT2D eigenvalue weighted by Gasteiger charge is -2.20. The number of carbonyl (C=O) groups excluding carboxylic acids is 1. The molecular weight excluding hydrogens is 322 g/mol. The standard InChI is InChI=1S/C23H23NO2/c1-18-10-8-9-15-21(18)22(16-23(25)20-13-6-3-7-14-20)24-26-17-19-11-4-2-5-12-19/h2-15,22,24H,16-17H2,1H3/t22-/m1/s1. The van der Waals surface area contributed by atoms with E-state index >= 15 is 0 Å². The second-order valence-electron chi connectivity index (χ2n) is 6.29. The fourth-order valence-corrected chi connectivity index (χ4v) is 2.92. The number of hydrogen-bond acceptors (Lipinski definition) is 3. The molecular formula is C23H23NO2. The zero-order valence-corrected chi connectivity index (χ0v) is 14.9. The smallest absolute Gasteiger partial charge is 0.164 e. The number of ketones is 1. The van der Waals surface area contributed by atoms with Crippen molar-refractivity contribution < 1.29 is 9.63 Å². The molecule has 0 aliphatic rings. The van der Waals surface area contributed by atoms with Crippen molar-refractivity contribution in [2.24, 2.45) is 0 Å². The molecule has 0 fully saturated rings. The zero-order valence-electron chi connectivity index (χ0n) is 14.9. The molecule has 0 aromatic heterocycles. The van der Waals surface area contributed by atoms with E-state index in [2.05, 4.69) is 5.48 Å². The van der Waals surface area contributed by atoms with Crippen molar-refractivity contribution in [1.29, 1.82) is 0 Å². The lowest BCUT2D eigenvalue weighted by atomic mass is 9.95. The molecule has 0 radical (unpaired) electrons. The number of nitrogens with one attached hydrogen (secondary N) is 1. The number of benzene rings is 3. The van der Waals surface area contributed by atoms with Crippen LogP contribution in [0.15, 0.2) is 84.9 Å². The maximum absolute atomic E-state index is 12.7. The molecule has 0 bridgehead atoms. The lowest BCUT2D eigenvalue weighted by molar-refractivity contribution is 0.00163. The number of hydroxylamine groups is 1. The second-order valence-corrected chi connectivity index (χ2v) is 6.29. The minimum atomic E-state index is -0.201. The molecule has 0 aliphatic heterocycles. The Kier molecular flexibility index (Phi) is 6.31. The summed E-state index contributed by atoms with van der Waals surface area (Å²) in [5.74, 6) is 0.0923. The van der Waals surface area contributed by atoms with Crippen molar-refractivity contribution in [2.45, 2.75) is 26.0 Å². The summed E-state index contributed by atoms with van der Waals surface area (Å²) >= 11 is 0. The number of Topliss-reactive ketones (excluding diaryl/α,β-unsaturated/α-hetero) is 1. The minimum Gasteiger partial charge on any atom is -0.296 e. The Balaban J connectivity index is 1.71. The first-order valence-corrected chi connectivity index (χ1v) is 8.79. The van der Waals surface area contributed by atoms with Crippen LogP contribution in [0.1, 0.15) is 39.5 Å². The summed E-state index contributed by atoms with van der Waals surface area (Å²) in [5.41, 5.74) is 7.11. The van der Waals surface area contributed by atoms with Gasteiger partial charge in [0, 0.05) is 12.0 Å². The van der Waals surface area contributed by atoms with Crippen molar-refractivity contribution in [3.63, 3.8) is 0 Å². The Morgan fingerprint density at radius 2 is 1.50 bits per heavy atom. The van der Waals surface area contributed by atoms with Gasteiger partial charge in [-0.05, 0) is 23.6 Å². The summed E-state index contributed by atoms with van der Waals surface area (Å²) in [6.07, 6.45) is 0.337. The number of carbonyl (C=O) groups is 1. The average molecular weight is 345 g/mol. The summed E-state index contributed by atoms with van der Waals surface area (Å²) < 4.78 is 0. The molecule has 3 nitrogen and oxygen atoms in total. The Hall–Kier alpha value is -2.75. The van der Waals surface area contributed by atoms with Crippen LogP contribution < -0.4 is 5.48 Å². The van der Waals surface area contributed by atoms with Crippen LogP contribution in [0.5, 0.6) is 0 Å². The van der Waals surface area contributed by atoms with Crippen LogP contribution in [-0.4, -0.2) is 5.78 Å². The molecule has 26 heavy (non-hydrogen) atoms. The maximum atomic E-state index is 12.7. The molecule has 3 aromatic rings. The predicted octanol–water partition coefficient (Wildman–Crippen LogP) is 5.03. The van der Waals surface area contributed by atoms with E-state index in [1.54, 1.807) is 0 Å². The van der Waals surface area contributed by atoms with Gasteiger partial charge < -0.3 is 0 Å². The fraction of sp³-hybridized carbons (Fsp3) is 0.174. The van der Waals surface area contributed by atoms with Crippen LogP contribution in [0.3, 0.4) is 0 Å². The third-order valence-corrected chi connectivity index (χ3v) is 4.36. The maximum Gasteiger partial charge on any atom is 0.164 e. The molecule has 3 heteroatoms. The summed E-state index contributed by atoms with van der Waals surface area (Å²) in [4.78, 5) is 18.4. The molecule has 0 amide bonds. The van der Waals surface area contributed by atoms with Crippen molar-refractivity contribution in [3.8, 4) is 0 Å². The van der Waals surface area contributed by atoms with Crippen molar-refractivity contribution in [2.75, 3.05) is 0 Å². The fourth-order valence-electron chi connectivity index (χ4n) is 2.92. The van der Waals surface area contributed by atoms with Crippen LogP contribution in [0.2, 0.25) is 0 Å². The molecule has 0 unspecified atom stereocenters. The van der Waals surface area contributed by atoms with Crippen LogP contribution in [0.4, 0.5) is 0 Å². The molecule has 0 spiro atoms. The first kappa shape index (κ1) is 18.1. The topological polar surface area (TPSA) is 38.3 Å². The van der Waals surface area contributed by atoms with Crippen molar-refractivity contribution >= 4 is 5.78 Å². The highest BCUT2D eigenvalue weighted by Crippen LogP contribution is 2.23. The van der Waals surface area contributed by atoms with Gasteiger partial charge in [-0.3, -0.25) is 9.63 Å². The average Bonchev–Trinajstić information content (AvgIpc) is 2.69. The van der Waals surface area contributed by atoms with Gasteiger partial charge in [-0.25, -0.2) is 0 Å². The molecule has 0 saturated carbocycles. The molecule has 0 heterocycles. The Morgan fingerprint density at radius 1 is 0.885 bits per heavy atom. The van der Waals surface area contributed by atoms with Crippen molar-refractivity contribution in [3.05, 3.63) is 107 Å². The monoisotopic (exact) mass is 345 g/mol. The summed E-state index contributed by atoms with van der Waals surface area (Å²) in [7, 11) is 0. The van der Waals surface area contributed by atoms with E-state index in [-0.39, 0.29) is 11.8 Å². The van der Waals surface area contributed by atoms with Gasteiger partial charge in [0.1, 0.15) is 0 Å². The van der Waals surface area contributed by atoms with E-state index < -0.39 is 0 Å². The van der Waals surface area contributed by atoms with Crippen molar-refractivity contribution in [1.82, 2.24) is 5.48 Å². The zero-order chi connectivity index (χ0) is 18.2. The highest BCUT2D eigenvalue weighted by molar-refractivity contribution is 5.96. The minimum absolute atomic E-state index is 0.0923. The highest BCUT2D eigenvalue weighted by Gasteiger charge is 2.19. The Morgan fingerprint density at radius 3 is 2.19 bits per heavy atom. The van der Waals surface area contributed by atoms with Gasteiger partial charge in [-0.1, -0.05) is 84.9 Å². The quantitative estimate of drug-likeness (QED) is 0.460. The molecule has 1 atom stereocenters. The van der Waals surface area contributed by atoms with Crippen LogP contribution >= 0.6 is 0 Å².